The van der Waals surface area contributed by atoms with E-state index in [4.69, 9.17) is 5.73 Å². The maximum absolute atomic E-state index is 6.09. The van der Waals surface area contributed by atoms with Gasteiger partial charge in [0, 0.05) is 18.8 Å². The summed E-state index contributed by atoms with van der Waals surface area (Å²) in [5, 5.41) is 0. The molecule has 2 heteroatoms. The number of hydrogen-bond acceptors (Lipinski definition) is 2. The Labute approximate surface area is 121 Å². The number of para-hydroxylation sites is 1. The molecule has 0 radical (unpaired) electrons. The summed E-state index contributed by atoms with van der Waals surface area (Å²) in [5.41, 5.74) is 11.5. The van der Waals surface area contributed by atoms with E-state index in [1.165, 1.54) is 35.2 Å². The third kappa shape index (κ3) is 2.44. The van der Waals surface area contributed by atoms with E-state index in [9.17, 15) is 0 Å². The van der Waals surface area contributed by atoms with Crippen LogP contribution in [0.3, 0.4) is 0 Å². The number of aryl methyl sites for hydroxylation is 2. The molecule has 0 aliphatic carbocycles. The number of hydrogen-bond donors (Lipinski definition) is 1. The van der Waals surface area contributed by atoms with E-state index in [0.717, 1.165) is 6.54 Å². The fourth-order valence-electron chi connectivity index (χ4n) is 3.12. The minimum absolute atomic E-state index is 0.275. The summed E-state index contributed by atoms with van der Waals surface area (Å²) in [5.74, 6) is 0. The SMILES string of the molecule is Cc1ccc(C(CN)N2CCCc3ccccc32)cc1. The molecule has 2 aromatic rings. The molecule has 1 atom stereocenters. The van der Waals surface area contributed by atoms with Gasteiger partial charge in [0.1, 0.15) is 0 Å². The van der Waals surface area contributed by atoms with Crippen LogP contribution in [0.4, 0.5) is 5.69 Å². The van der Waals surface area contributed by atoms with Crippen LogP contribution in [-0.4, -0.2) is 13.1 Å². The van der Waals surface area contributed by atoms with Crippen LogP contribution in [0, 0.1) is 6.92 Å². The van der Waals surface area contributed by atoms with Gasteiger partial charge in [0.2, 0.25) is 0 Å². The van der Waals surface area contributed by atoms with Gasteiger partial charge in [-0.15, -0.1) is 0 Å². The highest BCUT2D eigenvalue weighted by molar-refractivity contribution is 5.57. The maximum Gasteiger partial charge on any atom is 0.0664 e. The highest BCUT2D eigenvalue weighted by atomic mass is 15.2. The first-order chi connectivity index (χ1) is 9.79. The summed E-state index contributed by atoms with van der Waals surface area (Å²) in [6.45, 7) is 3.86. The molecule has 2 N–H and O–H groups in total. The third-order valence-corrected chi connectivity index (χ3v) is 4.21. The first-order valence-electron chi connectivity index (χ1n) is 7.41. The van der Waals surface area contributed by atoms with E-state index in [1.54, 1.807) is 0 Å². The smallest absolute Gasteiger partial charge is 0.0664 e. The minimum Gasteiger partial charge on any atom is -0.363 e. The lowest BCUT2D eigenvalue weighted by Crippen LogP contribution is -2.37. The summed E-state index contributed by atoms with van der Waals surface area (Å²) in [4.78, 5) is 2.48. The molecular weight excluding hydrogens is 244 g/mol. The van der Waals surface area contributed by atoms with Gasteiger partial charge >= 0.3 is 0 Å². The van der Waals surface area contributed by atoms with E-state index >= 15 is 0 Å². The Bertz CT molecular complexity index is 574. The first-order valence-corrected chi connectivity index (χ1v) is 7.41. The van der Waals surface area contributed by atoms with Crippen LogP contribution in [0.5, 0.6) is 0 Å². The first kappa shape index (κ1) is 13.2. The molecular formula is C18H22N2. The van der Waals surface area contributed by atoms with E-state index in [2.05, 4.69) is 60.4 Å². The second-order valence-electron chi connectivity index (χ2n) is 5.59. The second kappa shape index (κ2) is 5.68. The van der Waals surface area contributed by atoms with Gasteiger partial charge in [0.15, 0.2) is 0 Å². The molecule has 3 rings (SSSR count). The lowest BCUT2D eigenvalue weighted by molar-refractivity contribution is 0.588. The molecule has 1 unspecified atom stereocenters. The fourth-order valence-corrected chi connectivity index (χ4v) is 3.12. The van der Waals surface area contributed by atoms with Crippen LogP contribution >= 0.6 is 0 Å². The largest absolute Gasteiger partial charge is 0.363 e. The predicted molar refractivity (Wildman–Crippen MR) is 85.1 cm³/mol. The number of nitrogens with two attached hydrogens (primary N) is 1. The minimum atomic E-state index is 0.275. The zero-order valence-electron chi connectivity index (χ0n) is 12.0. The molecule has 1 heterocycles. The highest BCUT2D eigenvalue weighted by Gasteiger charge is 2.24. The average molecular weight is 266 g/mol. The fraction of sp³-hybridized carbons (Fsp3) is 0.333. The van der Waals surface area contributed by atoms with Gasteiger partial charge in [-0.1, -0.05) is 48.0 Å². The van der Waals surface area contributed by atoms with E-state index in [0.29, 0.717) is 6.54 Å². The van der Waals surface area contributed by atoms with Crippen LogP contribution in [-0.2, 0) is 6.42 Å². The van der Waals surface area contributed by atoms with Crippen molar-refractivity contribution in [3.8, 4) is 0 Å². The van der Waals surface area contributed by atoms with Crippen molar-refractivity contribution < 1.29 is 0 Å². The van der Waals surface area contributed by atoms with Gasteiger partial charge in [-0.05, 0) is 37.0 Å². The Morgan fingerprint density at radius 3 is 2.60 bits per heavy atom. The van der Waals surface area contributed by atoms with Gasteiger partial charge < -0.3 is 10.6 Å². The van der Waals surface area contributed by atoms with Crippen molar-refractivity contribution in [1.29, 1.82) is 0 Å². The number of fused-ring (bicyclic) bond motifs is 1. The van der Waals surface area contributed by atoms with Crippen molar-refractivity contribution in [3.05, 3.63) is 65.2 Å². The summed E-state index contributed by atoms with van der Waals surface area (Å²) < 4.78 is 0. The summed E-state index contributed by atoms with van der Waals surface area (Å²) in [7, 11) is 0. The zero-order valence-corrected chi connectivity index (χ0v) is 12.0. The number of anilines is 1. The van der Waals surface area contributed by atoms with Crippen LogP contribution in [0.1, 0.15) is 29.2 Å². The Morgan fingerprint density at radius 2 is 1.85 bits per heavy atom. The van der Waals surface area contributed by atoms with Crippen LogP contribution < -0.4 is 10.6 Å². The molecule has 0 aromatic heterocycles. The predicted octanol–water partition coefficient (Wildman–Crippen LogP) is 3.45. The number of rotatable bonds is 3. The second-order valence-corrected chi connectivity index (χ2v) is 5.59. The maximum atomic E-state index is 6.09. The van der Waals surface area contributed by atoms with Crippen LogP contribution in [0.15, 0.2) is 48.5 Å². The van der Waals surface area contributed by atoms with Crippen molar-refractivity contribution in [2.45, 2.75) is 25.8 Å². The molecule has 0 saturated carbocycles. The van der Waals surface area contributed by atoms with Gasteiger partial charge in [0.05, 0.1) is 6.04 Å². The summed E-state index contributed by atoms with van der Waals surface area (Å²) >= 11 is 0. The van der Waals surface area contributed by atoms with Crippen molar-refractivity contribution in [1.82, 2.24) is 0 Å². The standard InChI is InChI=1S/C18H22N2/c1-14-8-10-16(11-9-14)18(13-19)20-12-4-6-15-5-2-3-7-17(15)20/h2-3,5,7-11,18H,4,6,12-13,19H2,1H3. The van der Waals surface area contributed by atoms with Crippen LogP contribution in [0.25, 0.3) is 0 Å². The molecule has 0 spiro atoms. The van der Waals surface area contributed by atoms with Gasteiger partial charge in [-0.25, -0.2) is 0 Å². The Kier molecular flexibility index (Phi) is 3.75. The summed E-state index contributed by atoms with van der Waals surface area (Å²) in [6, 6.07) is 17.8. The number of nitrogens with zero attached hydrogens (tertiary/aromatic N) is 1. The molecule has 0 amide bonds. The zero-order chi connectivity index (χ0) is 13.9. The van der Waals surface area contributed by atoms with Gasteiger partial charge in [-0.2, -0.15) is 0 Å². The Hall–Kier alpha value is -1.80. The molecule has 1 aliphatic heterocycles. The highest BCUT2D eigenvalue weighted by Crippen LogP contribution is 2.33. The lowest BCUT2D eigenvalue weighted by atomic mass is 9.96. The Balaban J connectivity index is 1.96. The van der Waals surface area contributed by atoms with Crippen molar-refractivity contribution in [2.75, 3.05) is 18.0 Å². The normalized spacial score (nSPS) is 15.8. The molecule has 2 nitrogen and oxygen atoms in total. The monoisotopic (exact) mass is 266 g/mol. The van der Waals surface area contributed by atoms with E-state index in [-0.39, 0.29) is 6.04 Å². The quantitative estimate of drug-likeness (QED) is 0.922. The van der Waals surface area contributed by atoms with Crippen molar-refractivity contribution in [3.63, 3.8) is 0 Å². The van der Waals surface area contributed by atoms with Crippen molar-refractivity contribution >= 4 is 5.69 Å². The number of benzene rings is 2. The van der Waals surface area contributed by atoms with E-state index in [1.807, 2.05) is 0 Å². The lowest BCUT2D eigenvalue weighted by Gasteiger charge is -2.37. The molecule has 20 heavy (non-hydrogen) atoms. The van der Waals surface area contributed by atoms with Crippen LogP contribution in [0.2, 0.25) is 0 Å². The van der Waals surface area contributed by atoms with Gasteiger partial charge in [-0.3, -0.25) is 0 Å². The van der Waals surface area contributed by atoms with Crippen molar-refractivity contribution in [2.24, 2.45) is 5.73 Å². The van der Waals surface area contributed by atoms with Gasteiger partial charge in [0.25, 0.3) is 0 Å². The topological polar surface area (TPSA) is 29.3 Å². The molecule has 104 valence electrons. The molecule has 0 saturated heterocycles. The molecule has 0 fully saturated rings. The third-order valence-electron chi connectivity index (χ3n) is 4.21. The average Bonchev–Trinajstić information content (AvgIpc) is 2.50. The summed E-state index contributed by atoms with van der Waals surface area (Å²) in [6.07, 6.45) is 2.39. The molecule has 2 aromatic carbocycles. The Morgan fingerprint density at radius 1 is 1.10 bits per heavy atom. The van der Waals surface area contributed by atoms with E-state index < -0.39 is 0 Å². The molecule has 1 aliphatic rings. The molecule has 0 bridgehead atoms.